The summed E-state index contributed by atoms with van der Waals surface area (Å²) < 4.78 is 5.56. The van der Waals surface area contributed by atoms with Gasteiger partial charge in [-0.2, -0.15) is 0 Å². The van der Waals surface area contributed by atoms with Gasteiger partial charge in [0.1, 0.15) is 24.4 Å². The minimum absolute atomic E-state index is 0.215. The normalized spacial score (nSPS) is 18.1. The van der Waals surface area contributed by atoms with E-state index in [2.05, 4.69) is 22.2 Å². The lowest BCUT2D eigenvalue weighted by atomic mass is 9.92. The van der Waals surface area contributed by atoms with Crippen LogP contribution < -0.4 is 15.4 Å². The molecule has 0 saturated carbocycles. The lowest BCUT2D eigenvalue weighted by Crippen LogP contribution is -2.43. The first-order chi connectivity index (χ1) is 14.3. The van der Waals surface area contributed by atoms with Crippen LogP contribution >= 0.6 is 0 Å². The number of pyridine rings is 1. The zero-order valence-electron chi connectivity index (χ0n) is 17.0. The van der Waals surface area contributed by atoms with E-state index in [1.54, 1.807) is 49.5 Å². The van der Waals surface area contributed by atoms with E-state index in [9.17, 15) is 14.4 Å². The first-order valence-corrected chi connectivity index (χ1v) is 9.48. The number of hydrogen-bond acceptors (Lipinski definition) is 5. The summed E-state index contributed by atoms with van der Waals surface area (Å²) in [5.74, 6) is -0.305. The van der Waals surface area contributed by atoms with E-state index in [4.69, 9.17) is 4.74 Å². The van der Waals surface area contributed by atoms with Crippen LogP contribution in [-0.4, -0.2) is 40.9 Å². The number of hydrogen-bond donors (Lipinski definition) is 2. The first-order valence-electron chi connectivity index (χ1n) is 9.48. The Balaban J connectivity index is 1.64. The molecule has 2 N–H and O–H groups in total. The van der Waals surface area contributed by atoms with Crippen molar-refractivity contribution in [3.05, 3.63) is 72.1 Å². The second-order valence-corrected chi connectivity index (χ2v) is 7.31. The van der Waals surface area contributed by atoms with E-state index in [0.29, 0.717) is 23.6 Å². The second kappa shape index (κ2) is 8.77. The van der Waals surface area contributed by atoms with Crippen molar-refractivity contribution in [2.24, 2.45) is 0 Å². The van der Waals surface area contributed by atoms with Crippen molar-refractivity contribution >= 4 is 17.8 Å². The predicted molar refractivity (Wildman–Crippen MR) is 110 cm³/mol. The average Bonchev–Trinajstić information content (AvgIpc) is 2.95. The SMILES string of the molecule is C=C(C)COc1ccc(C2(C)NC(=O)N(CC(=O)NCc3ccccn3)C2=O)cc1. The lowest BCUT2D eigenvalue weighted by molar-refractivity contribution is -0.134. The van der Waals surface area contributed by atoms with Gasteiger partial charge in [0.2, 0.25) is 5.91 Å². The molecule has 1 saturated heterocycles. The number of ether oxygens (including phenoxy) is 1. The van der Waals surface area contributed by atoms with Gasteiger partial charge >= 0.3 is 6.03 Å². The third kappa shape index (κ3) is 4.65. The van der Waals surface area contributed by atoms with E-state index < -0.39 is 23.4 Å². The predicted octanol–water partition coefficient (Wildman–Crippen LogP) is 2.12. The van der Waals surface area contributed by atoms with Gasteiger partial charge in [-0.05, 0) is 49.2 Å². The van der Waals surface area contributed by atoms with Gasteiger partial charge in [0.05, 0.1) is 12.2 Å². The highest BCUT2D eigenvalue weighted by molar-refractivity contribution is 6.09. The van der Waals surface area contributed by atoms with Crippen LogP contribution in [0.3, 0.4) is 0 Å². The van der Waals surface area contributed by atoms with Gasteiger partial charge < -0.3 is 15.4 Å². The van der Waals surface area contributed by atoms with Crippen molar-refractivity contribution in [2.75, 3.05) is 13.2 Å². The molecule has 8 nitrogen and oxygen atoms in total. The number of amides is 4. The molecule has 1 atom stereocenters. The highest BCUT2D eigenvalue weighted by atomic mass is 16.5. The quantitative estimate of drug-likeness (QED) is 0.515. The zero-order chi connectivity index (χ0) is 21.7. The van der Waals surface area contributed by atoms with Gasteiger partial charge in [0, 0.05) is 6.20 Å². The molecule has 0 radical (unpaired) electrons. The molecule has 2 aromatic rings. The number of carbonyl (C=O) groups excluding carboxylic acids is 3. The molecule has 156 valence electrons. The molecule has 1 aromatic heterocycles. The molecule has 1 aliphatic heterocycles. The Morgan fingerprint density at radius 3 is 2.60 bits per heavy atom. The van der Waals surface area contributed by atoms with Crippen molar-refractivity contribution in [1.82, 2.24) is 20.5 Å². The third-order valence-corrected chi connectivity index (χ3v) is 4.69. The van der Waals surface area contributed by atoms with Crippen LogP contribution in [0.15, 0.2) is 60.8 Å². The molecular weight excluding hydrogens is 384 g/mol. The summed E-state index contributed by atoms with van der Waals surface area (Å²) in [5, 5.41) is 5.35. The molecule has 1 aliphatic rings. The Labute approximate surface area is 174 Å². The summed E-state index contributed by atoms with van der Waals surface area (Å²) in [6.45, 7) is 7.50. The summed E-state index contributed by atoms with van der Waals surface area (Å²) in [7, 11) is 0. The molecule has 1 aromatic carbocycles. The largest absolute Gasteiger partial charge is 0.489 e. The fourth-order valence-electron chi connectivity index (χ4n) is 3.02. The lowest BCUT2D eigenvalue weighted by Gasteiger charge is -2.22. The minimum Gasteiger partial charge on any atom is -0.489 e. The van der Waals surface area contributed by atoms with E-state index in [1.807, 2.05) is 13.0 Å². The van der Waals surface area contributed by atoms with Gasteiger partial charge in [-0.3, -0.25) is 19.5 Å². The van der Waals surface area contributed by atoms with Crippen LogP contribution in [0.25, 0.3) is 0 Å². The van der Waals surface area contributed by atoms with Gasteiger partial charge in [0.15, 0.2) is 0 Å². The van der Waals surface area contributed by atoms with Crippen LogP contribution in [0, 0.1) is 0 Å². The van der Waals surface area contributed by atoms with Crippen LogP contribution in [0.2, 0.25) is 0 Å². The first kappa shape index (κ1) is 21.0. The molecule has 0 bridgehead atoms. The number of nitrogens with zero attached hydrogens (tertiary/aromatic N) is 2. The Hall–Kier alpha value is -3.68. The molecule has 1 fully saturated rings. The van der Waals surface area contributed by atoms with Crippen LogP contribution in [-0.2, 0) is 21.7 Å². The standard InChI is InChI=1S/C22H24N4O4/c1-15(2)14-30-18-9-7-16(8-10-18)22(3)20(28)26(21(29)25-22)13-19(27)24-12-17-6-4-5-11-23-17/h4-11H,1,12-14H2,2-3H3,(H,24,27)(H,25,29). The molecule has 30 heavy (non-hydrogen) atoms. The maximum atomic E-state index is 13.0. The Bertz CT molecular complexity index is 959. The monoisotopic (exact) mass is 408 g/mol. The Kier molecular flexibility index (Phi) is 6.15. The molecule has 0 spiro atoms. The van der Waals surface area contributed by atoms with Crippen molar-refractivity contribution in [1.29, 1.82) is 0 Å². The molecule has 8 heteroatoms. The third-order valence-electron chi connectivity index (χ3n) is 4.69. The number of benzene rings is 1. The van der Waals surface area contributed by atoms with Crippen LogP contribution in [0.4, 0.5) is 4.79 Å². The Morgan fingerprint density at radius 1 is 1.23 bits per heavy atom. The summed E-state index contributed by atoms with van der Waals surface area (Å²) in [5.41, 5.74) is 0.911. The molecular formula is C22H24N4O4. The van der Waals surface area contributed by atoms with Gasteiger partial charge in [-0.1, -0.05) is 24.8 Å². The average molecular weight is 408 g/mol. The number of urea groups is 1. The van der Waals surface area contributed by atoms with E-state index >= 15 is 0 Å². The zero-order valence-corrected chi connectivity index (χ0v) is 17.0. The van der Waals surface area contributed by atoms with Gasteiger partial charge in [-0.25, -0.2) is 4.79 Å². The second-order valence-electron chi connectivity index (χ2n) is 7.31. The molecule has 4 amide bonds. The maximum Gasteiger partial charge on any atom is 0.325 e. The van der Waals surface area contributed by atoms with Crippen molar-refractivity contribution in [3.63, 3.8) is 0 Å². The van der Waals surface area contributed by atoms with E-state index in [1.165, 1.54) is 0 Å². The van der Waals surface area contributed by atoms with Crippen LogP contribution in [0.1, 0.15) is 25.1 Å². The number of rotatable bonds is 8. The number of imide groups is 1. The molecule has 3 rings (SSSR count). The van der Waals surface area contributed by atoms with Gasteiger partial charge in [0.25, 0.3) is 5.91 Å². The van der Waals surface area contributed by atoms with E-state index in [-0.39, 0.29) is 13.1 Å². The highest BCUT2D eigenvalue weighted by Gasteiger charge is 2.49. The van der Waals surface area contributed by atoms with Crippen molar-refractivity contribution in [2.45, 2.75) is 25.9 Å². The Morgan fingerprint density at radius 2 is 1.97 bits per heavy atom. The molecule has 0 aliphatic carbocycles. The van der Waals surface area contributed by atoms with Crippen LogP contribution in [0.5, 0.6) is 5.75 Å². The number of carbonyl (C=O) groups is 3. The molecule has 2 heterocycles. The van der Waals surface area contributed by atoms with Crippen molar-refractivity contribution in [3.8, 4) is 5.75 Å². The van der Waals surface area contributed by atoms with E-state index in [0.717, 1.165) is 10.5 Å². The summed E-state index contributed by atoms with van der Waals surface area (Å²) in [6, 6.07) is 11.6. The number of nitrogens with one attached hydrogen (secondary N) is 2. The smallest absolute Gasteiger partial charge is 0.325 e. The van der Waals surface area contributed by atoms with Gasteiger partial charge in [-0.15, -0.1) is 0 Å². The summed E-state index contributed by atoms with van der Waals surface area (Å²) in [6.07, 6.45) is 1.62. The molecule has 1 unspecified atom stereocenters. The highest BCUT2D eigenvalue weighted by Crippen LogP contribution is 2.30. The number of aromatic nitrogens is 1. The maximum absolute atomic E-state index is 13.0. The fraction of sp³-hybridized carbons (Fsp3) is 0.273. The topological polar surface area (TPSA) is 101 Å². The minimum atomic E-state index is -1.26. The summed E-state index contributed by atoms with van der Waals surface area (Å²) >= 11 is 0. The fourth-order valence-corrected chi connectivity index (χ4v) is 3.02. The summed E-state index contributed by atoms with van der Waals surface area (Å²) in [4.78, 5) is 42.6. The van der Waals surface area contributed by atoms with Crippen molar-refractivity contribution < 1.29 is 19.1 Å².